The molecule has 0 aliphatic rings. The smallest absolute Gasteiger partial charge is 0.167 e. The van der Waals surface area contributed by atoms with E-state index in [1.807, 2.05) is 6.92 Å². The second kappa shape index (κ2) is 4.08. The average molecular weight is 180 g/mol. The maximum atomic E-state index is 13.3. The molecule has 0 amide bonds. The van der Waals surface area contributed by atoms with Crippen molar-refractivity contribution < 1.29 is 9.13 Å². The van der Waals surface area contributed by atoms with Gasteiger partial charge < -0.3 is 4.74 Å². The number of benzene rings is 1. The summed E-state index contributed by atoms with van der Waals surface area (Å²) in [5.41, 5.74) is 0.591. The molecule has 1 rings (SSSR count). The van der Waals surface area contributed by atoms with Gasteiger partial charge in [-0.05, 0) is 25.5 Å². The van der Waals surface area contributed by atoms with Crippen molar-refractivity contribution >= 4 is 0 Å². The van der Waals surface area contributed by atoms with Crippen LogP contribution in [0.25, 0.3) is 0 Å². The van der Waals surface area contributed by atoms with Crippen molar-refractivity contribution in [1.82, 2.24) is 0 Å². The Morgan fingerprint density at radius 1 is 1.54 bits per heavy atom. The lowest BCUT2D eigenvalue weighted by atomic mass is 10.2. The SMILES string of the molecule is C=CC(C)Oc1cccc(C)c1F. The first kappa shape index (κ1) is 9.78. The first-order valence-corrected chi connectivity index (χ1v) is 4.19. The van der Waals surface area contributed by atoms with Crippen molar-refractivity contribution in [2.24, 2.45) is 0 Å². The van der Waals surface area contributed by atoms with Crippen LogP contribution in [0.3, 0.4) is 0 Å². The van der Waals surface area contributed by atoms with Gasteiger partial charge in [0.1, 0.15) is 6.10 Å². The summed E-state index contributed by atoms with van der Waals surface area (Å²) in [7, 11) is 0. The normalized spacial score (nSPS) is 12.2. The van der Waals surface area contributed by atoms with Crippen molar-refractivity contribution in [3.8, 4) is 5.75 Å². The van der Waals surface area contributed by atoms with Gasteiger partial charge in [0.25, 0.3) is 0 Å². The maximum absolute atomic E-state index is 13.3. The quantitative estimate of drug-likeness (QED) is 0.649. The lowest BCUT2D eigenvalue weighted by Gasteiger charge is -2.11. The van der Waals surface area contributed by atoms with Crippen LogP contribution in [-0.2, 0) is 0 Å². The third-order valence-corrected chi connectivity index (χ3v) is 1.80. The van der Waals surface area contributed by atoms with Crippen LogP contribution in [0.2, 0.25) is 0 Å². The van der Waals surface area contributed by atoms with Gasteiger partial charge >= 0.3 is 0 Å². The van der Waals surface area contributed by atoms with E-state index >= 15 is 0 Å². The van der Waals surface area contributed by atoms with Crippen molar-refractivity contribution in [3.63, 3.8) is 0 Å². The molecule has 70 valence electrons. The predicted molar refractivity (Wildman–Crippen MR) is 51.4 cm³/mol. The maximum Gasteiger partial charge on any atom is 0.167 e. The number of hydrogen-bond acceptors (Lipinski definition) is 1. The van der Waals surface area contributed by atoms with E-state index in [4.69, 9.17) is 4.74 Å². The van der Waals surface area contributed by atoms with E-state index in [1.54, 1.807) is 31.2 Å². The summed E-state index contributed by atoms with van der Waals surface area (Å²) >= 11 is 0. The molecule has 0 aliphatic heterocycles. The average Bonchev–Trinajstić information content (AvgIpc) is 2.13. The predicted octanol–water partition coefficient (Wildman–Crippen LogP) is 3.09. The van der Waals surface area contributed by atoms with Crippen molar-refractivity contribution in [3.05, 3.63) is 42.2 Å². The van der Waals surface area contributed by atoms with Gasteiger partial charge in [-0.1, -0.05) is 24.8 Å². The largest absolute Gasteiger partial charge is 0.484 e. The third kappa shape index (κ3) is 2.31. The zero-order valence-electron chi connectivity index (χ0n) is 7.88. The fraction of sp³-hybridized carbons (Fsp3) is 0.273. The lowest BCUT2D eigenvalue weighted by Crippen LogP contribution is -2.08. The molecule has 1 nitrogen and oxygen atoms in total. The van der Waals surface area contributed by atoms with E-state index in [-0.39, 0.29) is 17.7 Å². The highest BCUT2D eigenvalue weighted by atomic mass is 19.1. The Morgan fingerprint density at radius 2 is 2.23 bits per heavy atom. The molecule has 1 unspecified atom stereocenters. The topological polar surface area (TPSA) is 9.23 Å². The summed E-state index contributed by atoms with van der Waals surface area (Å²) in [6.07, 6.45) is 1.46. The van der Waals surface area contributed by atoms with Gasteiger partial charge in [0, 0.05) is 0 Å². The molecule has 1 aromatic carbocycles. The van der Waals surface area contributed by atoms with E-state index in [0.717, 1.165) is 0 Å². The highest BCUT2D eigenvalue weighted by molar-refractivity contribution is 5.30. The molecule has 0 radical (unpaired) electrons. The summed E-state index contributed by atoms with van der Waals surface area (Å²) in [5.74, 6) is -0.0106. The Labute approximate surface area is 77.8 Å². The molecule has 0 N–H and O–H groups in total. The highest BCUT2D eigenvalue weighted by Gasteiger charge is 2.07. The van der Waals surface area contributed by atoms with Gasteiger partial charge in [-0.3, -0.25) is 0 Å². The number of hydrogen-bond donors (Lipinski definition) is 0. The van der Waals surface area contributed by atoms with Gasteiger partial charge in [-0.2, -0.15) is 0 Å². The molecule has 13 heavy (non-hydrogen) atoms. The van der Waals surface area contributed by atoms with E-state index in [9.17, 15) is 4.39 Å². The second-order valence-electron chi connectivity index (χ2n) is 2.95. The van der Waals surface area contributed by atoms with Crippen LogP contribution in [0, 0.1) is 12.7 Å². The zero-order valence-corrected chi connectivity index (χ0v) is 7.88. The van der Waals surface area contributed by atoms with Gasteiger partial charge in [-0.15, -0.1) is 0 Å². The number of aryl methyl sites for hydroxylation is 1. The molecule has 0 aliphatic carbocycles. The summed E-state index contributed by atoms with van der Waals surface area (Å²) in [4.78, 5) is 0. The van der Waals surface area contributed by atoms with E-state index < -0.39 is 0 Å². The van der Waals surface area contributed by atoms with E-state index in [1.165, 1.54) is 0 Å². The zero-order chi connectivity index (χ0) is 9.84. The highest BCUT2D eigenvalue weighted by Crippen LogP contribution is 2.20. The Balaban J connectivity index is 2.88. The molecule has 1 atom stereocenters. The fourth-order valence-corrected chi connectivity index (χ4v) is 0.960. The summed E-state index contributed by atoms with van der Waals surface area (Å²) in [6, 6.07) is 5.09. The minimum absolute atomic E-state index is 0.170. The van der Waals surface area contributed by atoms with Crippen LogP contribution < -0.4 is 4.74 Å². The summed E-state index contributed by atoms with van der Waals surface area (Å²) in [5, 5.41) is 0. The standard InChI is InChI=1S/C11H13FO/c1-4-9(3)13-10-7-5-6-8(2)11(10)12/h4-7,9H,1H2,2-3H3. The van der Waals surface area contributed by atoms with Crippen molar-refractivity contribution in [2.45, 2.75) is 20.0 Å². The Morgan fingerprint density at radius 3 is 2.85 bits per heavy atom. The molecular formula is C11H13FO. The molecule has 0 spiro atoms. The van der Waals surface area contributed by atoms with Crippen LogP contribution >= 0.6 is 0 Å². The van der Waals surface area contributed by atoms with Crippen molar-refractivity contribution in [1.29, 1.82) is 0 Å². The van der Waals surface area contributed by atoms with Crippen LogP contribution in [0.5, 0.6) is 5.75 Å². The van der Waals surface area contributed by atoms with Crippen LogP contribution in [0.4, 0.5) is 4.39 Å². The molecular weight excluding hydrogens is 167 g/mol. The molecule has 0 saturated carbocycles. The third-order valence-electron chi connectivity index (χ3n) is 1.80. The van der Waals surface area contributed by atoms with Crippen LogP contribution in [-0.4, -0.2) is 6.10 Å². The van der Waals surface area contributed by atoms with E-state index in [0.29, 0.717) is 5.56 Å². The Kier molecular flexibility index (Phi) is 3.07. The van der Waals surface area contributed by atoms with Crippen LogP contribution in [0.15, 0.2) is 30.9 Å². The molecule has 0 saturated heterocycles. The summed E-state index contributed by atoms with van der Waals surface area (Å²) in [6.45, 7) is 7.08. The van der Waals surface area contributed by atoms with Crippen LogP contribution in [0.1, 0.15) is 12.5 Å². The summed E-state index contributed by atoms with van der Waals surface area (Å²) < 4.78 is 18.6. The lowest BCUT2D eigenvalue weighted by molar-refractivity contribution is 0.256. The molecule has 1 aromatic rings. The second-order valence-corrected chi connectivity index (χ2v) is 2.95. The first-order chi connectivity index (χ1) is 6.15. The molecule has 0 aromatic heterocycles. The van der Waals surface area contributed by atoms with Gasteiger partial charge in [0.2, 0.25) is 0 Å². The molecule has 0 bridgehead atoms. The minimum atomic E-state index is -0.295. The molecule has 0 fully saturated rings. The number of halogens is 1. The Bertz CT molecular complexity index is 307. The fourth-order valence-electron chi connectivity index (χ4n) is 0.960. The Hall–Kier alpha value is -1.31. The minimum Gasteiger partial charge on any atom is -0.484 e. The van der Waals surface area contributed by atoms with Gasteiger partial charge in [-0.25, -0.2) is 4.39 Å². The van der Waals surface area contributed by atoms with Gasteiger partial charge in [0.05, 0.1) is 0 Å². The molecule has 2 heteroatoms. The van der Waals surface area contributed by atoms with E-state index in [2.05, 4.69) is 6.58 Å². The van der Waals surface area contributed by atoms with Gasteiger partial charge in [0.15, 0.2) is 11.6 Å². The number of ether oxygens (including phenoxy) is 1. The first-order valence-electron chi connectivity index (χ1n) is 4.19. The van der Waals surface area contributed by atoms with Crippen molar-refractivity contribution in [2.75, 3.05) is 0 Å². The molecule has 0 heterocycles. The monoisotopic (exact) mass is 180 g/mol. The number of rotatable bonds is 3.